The third kappa shape index (κ3) is 5.11. The number of carbonyl (C=O) groups is 3. The van der Waals surface area contributed by atoms with Crippen LogP contribution >= 0.6 is 0 Å². The average molecular weight is 261 g/mol. The molecule has 4 atom stereocenters. The standard InChI is InChI=1S/C10H19N3O5/c1-4(11)8(15)13-7(6(3)14)9(16)12-5(2)10(17)18/h4-7,14H,11H2,1-3H3,(H,12,16)(H,13,15)(H,17,18)/t4-,5-,6?,7-/m0/s1. The van der Waals surface area contributed by atoms with Crippen LogP contribution in [-0.2, 0) is 14.4 Å². The number of hydrogen-bond donors (Lipinski definition) is 5. The van der Waals surface area contributed by atoms with Gasteiger partial charge in [0.2, 0.25) is 11.8 Å². The third-order valence-corrected chi connectivity index (χ3v) is 2.21. The molecule has 6 N–H and O–H groups in total. The number of rotatable bonds is 6. The van der Waals surface area contributed by atoms with Crippen molar-refractivity contribution in [3.05, 3.63) is 0 Å². The number of nitrogens with two attached hydrogens (primary N) is 1. The van der Waals surface area contributed by atoms with Crippen molar-refractivity contribution in [3.8, 4) is 0 Å². The molecule has 0 radical (unpaired) electrons. The van der Waals surface area contributed by atoms with E-state index in [2.05, 4.69) is 10.6 Å². The Hall–Kier alpha value is -1.67. The van der Waals surface area contributed by atoms with Crippen LogP contribution in [0.4, 0.5) is 0 Å². The maximum Gasteiger partial charge on any atom is 0.325 e. The highest BCUT2D eigenvalue weighted by atomic mass is 16.4. The molecule has 0 aliphatic rings. The fourth-order valence-corrected chi connectivity index (χ4v) is 1.05. The van der Waals surface area contributed by atoms with Gasteiger partial charge in [0.15, 0.2) is 0 Å². The predicted molar refractivity (Wildman–Crippen MR) is 62.5 cm³/mol. The van der Waals surface area contributed by atoms with Crippen molar-refractivity contribution in [2.75, 3.05) is 0 Å². The van der Waals surface area contributed by atoms with E-state index >= 15 is 0 Å². The Morgan fingerprint density at radius 2 is 1.56 bits per heavy atom. The van der Waals surface area contributed by atoms with E-state index in [9.17, 15) is 19.5 Å². The van der Waals surface area contributed by atoms with E-state index in [-0.39, 0.29) is 0 Å². The minimum atomic E-state index is -1.25. The molecule has 0 heterocycles. The summed E-state index contributed by atoms with van der Waals surface area (Å²) in [7, 11) is 0. The van der Waals surface area contributed by atoms with Crippen molar-refractivity contribution in [1.29, 1.82) is 0 Å². The summed E-state index contributed by atoms with van der Waals surface area (Å²) in [5.74, 6) is -2.61. The highest BCUT2D eigenvalue weighted by Gasteiger charge is 2.28. The van der Waals surface area contributed by atoms with Gasteiger partial charge in [-0.05, 0) is 20.8 Å². The molecule has 8 nitrogen and oxygen atoms in total. The molecule has 18 heavy (non-hydrogen) atoms. The first-order valence-electron chi connectivity index (χ1n) is 5.44. The summed E-state index contributed by atoms with van der Waals surface area (Å²) in [6.07, 6.45) is -1.17. The summed E-state index contributed by atoms with van der Waals surface area (Å²) < 4.78 is 0. The maximum absolute atomic E-state index is 11.7. The Balaban J connectivity index is 4.65. The van der Waals surface area contributed by atoms with Crippen LogP contribution < -0.4 is 16.4 Å². The van der Waals surface area contributed by atoms with Gasteiger partial charge in [0.25, 0.3) is 0 Å². The second-order valence-corrected chi connectivity index (χ2v) is 4.08. The summed E-state index contributed by atoms with van der Waals surface area (Å²) in [4.78, 5) is 33.6. The molecule has 0 aliphatic carbocycles. The topological polar surface area (TPSA) is 142 Å². The largest absolute Gasteiger partial charge is 0.480 e. The minimum absolute atomic E-state index is 0.612. The van der Waals surface area contributed by atoms with Gasteiger partial charge in [-0.15, -0.1) is 0 Å². The van der Waals surface area contributed by atoms with E-state index in [1.807, 2.05) is 0 Å². The van der Waals surface area contributed by atoms with Crippen LogP contribution in [0.5, 0.6) is 0 Å². The molecule has 1 unspecified atom stereocenters. The molecule has 104 valence electrons. The second kappa shape index (κ2) is 6.92. The normalized spacial score (nSPS) is 17.2. The van der Waals surface area contributed by atoms with Crippen LogP contribution in [0, 0.1) is 0 Å². The van der Waals surface area contributed by atoms with Crippen molar-refractivity contribution in [2.45, 2.75) is 45.0 Å². The molecule has 0 rings (SSSR count). The lowest BCUT2D eigenvalue weighted by Crippen LogP contribution is -2.57. The van der Waals surface area contributed by atoms with Gasteiger partial charge in [-0.2, -0.15) is 0 Å². The van der Waals surface area contributed by atoms with Crippen LogP contribution in [0.15, 0.2) is 0 Å². The van der Waals surface area contributed by atoms with Crippen LogP contribution in [0.3, 0.4) is 0 Å². The van der Waals surface area contributed by atoms with Gasteiger partial charge in [0, 0.05) is 0 Å². The smallest absolute Gasteiger partial charge is 0.325 e. The number of carboxylic acid groups (broad SMARTS) is 1. The number of carbonyl (C=O) groups excluding carboxylic acids is 2. The summed E-state index contributed by atoms with van der Waals surface area (Å²) in [5, 5.41) is 22.4. The van der Waals surface area contributed by atoms with Crippen molar-refractivity contribution >= 4 is 17.8 Å². The quantitative estimate of drug-likeness (QED) is 0.367. The van der Waals surface area contributed by atoms with Crippen molar-refractivity contribution in [2.24, 2.45) is 5.73 Å². The van der Waals surface area contributed by atoms with Crippen LogP contribution in [0.2, 0.25) is 0 Å². The molecule has 0 saturated carbocycles. The molecule has 2 amide bonds. The Kier molecular flexibility index (Phi) is 6.28. The first-order valence-corrected chi connectivity index (χ1v) is 5.44. The van der Waals surface area contributed by atoms with E-state index in [0.29, 0.717) is 0 Å². The first-order chi connectivity index (χ1) is 8.16. The Morgan fingerprint density at radius 3 is 1.89 bits per heavy atom. The molecule has 0 spiro atoms. The first kappa shape index (κ1) is 16.3. The zero-order valence-electron chi connectivity index (χ0n) is 10.5. The molecule has 0 aliphatic heterocycles. The second-order valence-electron chi connectivity index (χ2n) is 4.08. The monoisotopic (exact) mass is 261 g/mol. The van der Waals surface area contributed by atoms with E-state index in [1.54, 1.807) is 0 Å². The molecule has 0 aromatic carbocycles. The zero-order valence-corrected chi connectivity index (χ0v) is 10.5. The third-order valence-electron chi connectivity index (χ3n) is 2.21. The fraction of sp³-hybridized carbons (Fsp3) is 0.700. The summed E-state index contributed by atoms with van der Waals surface area (Å²) >= 11 is 0. The van der Waals surface area contributed by atoms with Crippen molar-refractivity contribution < 1.29 is 24.6 Å². The fourth-order valence-electron chi connectivity index (χ4n) is 1.05. The minimum Gasteiger partial charge on any atom is -0.480 e. The number of aliphatic hydroxyl groups is 1. The highest BCUT2D eigenvalue weighted by molar-refractivity contribution is 5.91. The Morgan fingerprint density at radius 1 is 1.06 bits per heavy atom. The molecule has 0 fully saturated rings. The maximum atomic E-state index is 11.7. The molecular formula is C10H19N3O5. The number of amides is 2. The molecule has 8 heteroatoms. The van der Waals surface area contributed by atoms with Gasteiger partial charge < -0.3 is 26.6 Å². The van der Waals surface area contributed by atoms with E-state index < -0.39 is 42.0 Å². The van der Waals surface area contributed by atoms with Gasteiger partial charge in [-0.3, -0.25) is 14.4 Å². The summed E-state index contributed by atoms with van der Waals surface area (Å²) in [6, 6.07) is -3.20. The van der Waals surface area contributed by atoms with Gasteiger partial charge in [-0.25, -0.2) is 0 Å². The van der Waals surface area contributed by atoms with E-state index in [4.69, 9.17) is 10.8 Å². The molecule has 0 bridgehead atoms. The lowest BCUT2D eigenvalue weighted by molar-refractivity contribution is -0.142. The van der Waals surface area contributed by atoms with Crippen LogP contribution in [0.1, 0.15) is 20.8 Å². The van der Waals surface area contributed by atoms with Crippen LogP contribution in [-0.4, -0.2) is 52.2 Å². The molecule has 0 aromatic heterocycles. The Labute approximate surface area is 105 Å². The summed E-state index contributed by atoms with van der Waals surface area (Å²) in [6.45, 7) is 4.00. The molecular weight excluding hydrogens is 242 g/mol. The van der Waals surface area contributed by atoms with Crippen molar-refractivity contribution in [1.82, 2.24) is 10.6 Å². The predicted octanol–water partition coefficient (Wildman–Crippen LogP) is -2.21. The number of aliphatic carboxylic acids is 1. The lowest BCUT2D eigenvalue weighted by Gasteiger charge is -2.22. The van der Waals surface area contributed by atoms with Gasteiger partial charge in [-0.1, -0.05) is 0 Å². The number of hydrogen-bond acceptors (Lipinski definition) is 5. The number of aliphatic hydroxyl groups excluding tert-OH is 1. The number of carboxylic acids is 1. The van der Waals surface area contributed by atoms with E-state index in [0.717, 1.165) is 0 Å². The number of nitrogens with one attached hydrogen (secondary N) is 2. The van der Waals surface area contributed by atoms with Gasteiger partial charge in [0.1, 0.15) is 12.1 Å². The zero-order chi connectivity index (χ0) is 14.5. The Bertz CT molecular complexity index is 329. The average Bonchev–Trinajstić information content (AvgIpc) is 2.24. The molecule has 0 aromatic rings. The van der Waals surface area contributed by atoms with Crippen LogP contribution in [0.25, 0.3) is 0 Å². The highest BCUT2D eigenvalue weighted by Crippen LogP contribution is 1.96. The SMILES string of the molecule is CC(O)[C@H](NC(=O)[C@H](C)N)C(=O)N[C@@H](C)C(=O)O. The summed E-state index contributed by atoms with van der Waals surface area (Å²) in [5.41, 5.74) is 5.31. The van der Waals surface area contributed by atoms with E-state index in [1.165, 1.54) is 20.8 Å². The van der Waals surface area contributed by atoms with Gasteiger partial charge >= 0.3 is 5.97 Å². The molecule has 0 saturated heterocycles. The lowest BCUT2D eigenvalue weighted by atomic mass is 10.1. The van der Waals surface area contributed by atoms with Crippen molar-refractivity contribution in [3.63, 3.8) is 0 Å². The van der Waals surface area contributed by atoms with Gasteiger partial charge in [0.05, 0.1) is 12.1 Å².